The van der Waals surface area contributed by atoms with Gasteiger partial charge in [-0.05, 0) is 49.4 Å². The minimum Gasteiger partial charge on any atom is -0.490 e. The van der Waals surface area contributed by atoms with Crippen LogP contribution in [0.5, 0.6) is 5.75 Å². The molecule has 4 rings (SSSR count). The van der Waals surface area contributed by atoms with Gasteiger partial charge in [0.05, 0.1) is 6.54 Å². The molecule has 1 saturated heterocycles. The second kappa shape index (κ2) is 10.1. The van der Waals surface area contributed by atoms with Crippen LogP contribution in [0.3, 0.4) is 0 Å². The first kappa shape index (κ1) is 21.5. The monoisotopic (exact) mass is 435 g/mol. The topological polar surface area (TPSA) is 54.5 Å². The fraction of sp³-hybridized carbons (Fsp3) is 0.360. The molecule has 2 aromatic carbocycles. The molecule has 3 aromatic rings. The number of hydrogen-bond acceptors (Lipinski definition) is 5. The summed E-state index contributed by atoms with van der Waals surface area (Å²) >= 11 is 1.56. The Hall–Kier alpha value is -2.70. The fourth-order valence-electron chi connectivity index (χ4n) is 3.92. The predicted molar refractivity (Wildman–Crippen MR) is 125 cm³/mol. The van der Waals surface area contributed by atoms with E-state index in [1.54, 1.807) is 17.5 Å². The minimum absolute atomic E-state index is 0.0259. The Morgan fingerprint density at radius 3 is 2.68 bits per heavy atom. The highest BCUT2D eigenvalue weighted by Gasteiger charge is 2.24. The van der Waals surface area contributed by atoms with Crippen LogP contribution in [0.2, 0.25) is 0 Å². The molecule has 0 aliphatic carbocycles. The van der Waals surface area contributed by atoms with Crippen LogP contribution in [-0.2, 0) is 4.79 Å². The van der Waals surface area contributed by atoms with E-state index in [1.165, 1.54) is 11.1 Å². The smallest absolute Gasteiger partial charge is 0.235 e. The molecule has 5 nitrogen and oxygen atoms in total. The number of hydrogen-bond donors (Lipinski definition) is 1. The Kier molecular flexibility index (Phi) is 6.99. The van der Waals surface area contributed by atoms with E-state index in [9.17, 15) is 4.79 Å². The lowest BCUT2D eigenvalue weighted by atomic mass is 10.1. The van der Waals surface area contributed by atoms with Crippen molar-refractivity contribution < 1.29 is 9.53 Å². The average molecular weight is 436 g/mol. The molecular formula is C25H29N3O2S. The third kappa shape index (κ3) is 5.71. The number of carbonyl (C=O) groups is 1. The van der Waals surface area contributed by atoms with Gasteiger partial charge in [-0.2, -0.15) is 0 Å². The van der Waals surface area contributed by atoms with Crippen molar-refractivity contribution in [3.8, 4) is 5.75 Å². The van der Waals surface area contributed by atoms with Crippen molar-refractivity contribution >= 4 is 17.2 Å². The molecular weight excluding hydrogens is 406 g/mol. The van der Waals surface area contributed by atoms with Crippen LogP contribution < -0.4 is 10.1 Å². The van der Waals surface area contributed by atoms with E-state index in [-0.39, 0.29) is 18.1 Å². The van der Waals surface area contributed by atoms with Crippen LogP contribution in [0.1, 0.15) is 40.6 Å². The zero-order chi connectivity index (χ0) is 21.6. The van der Waals surface area contributed by atoms with Gasteiger partial charge in [-0.3, -0.25) is 9.69 Å². The average Bonchev–Trinajstić information content (AvgIpc) is 3.31. The number of aryl methyl sites for hydroxylation is 2. The van der Waals surface area contributed by atoms with Gasteiger partial charge in [0, 0.05) is 24.7 Å². The van der Waals surface area contributed by atoms with Gasteiger partial charge in [-0.1, -0.05) is 42.5 Å². The minimum atomic E-state index is -0.209. The predicted octanol–water partition coefficient (Wildman–Crippen LogP) is 4.51. The van der Waals surface area contributed by atoms with Gasteiger partial charge >= 0.3 is 0 Å². The van der Waals surface area contributed by atoms with Gasteiger partial charge in [0.1, 0.15) is 22.9 Å². The van der Waals surface area contributed by atoms with Crippen LogP contribution in [0, 0.1) is 13.8 Å². The molecule has 6 heteroatoms. The number of likely N-dealkylation sites (tertiary alicyclic amines) is 1. The molecule has 162 valence electrons. The first-order valence-corrected chi connectivity index (χ1v) is 11.7. The maximum absolute atomic E-state index is 12.8. The first-order chi connectivity index (χ1) is 15.1. The van der Waals surface area contributed by atoms with Crippen LogP contribution in [0.15, 0.2) is 60.1 Å². The fourth-order valence-corrected chi connectivity index (χ4v) is 4.63. The largest absolute Gasteiger partial charge is 0.490 e. The van der Waals surface area contributed by atoms with Crippen LogP contribution in [-0.4, -0.2) is 41.5 Å². The maximum atomic E-state index is 12.8. The zero-order valence-electron chi connectivity index (χ0n) is 18.1. The van der Waals surface area contributed by atoms with Crippen molar-refractivity contribution in [1.82, 2.24) is 15.2 Å². The molecule has 0 saturated carbocycles. The molecule has 0 bridgehead atoms. The number of piperidine rings is 1. The summed E-state index contributed by atoms with van der Waals surface area (Å²) in [6.07, 6.45) is 3.83. The van der Waals surface area contributed by atoms with Crippen molar-refractivity contribution in [2.45, 2.75) is 38.8 Å². The number of nitrogens with one attached hydrogen (secondary N) is 1. The van der Waals surface area contributed by atoms with E-state index in [1.807, 2.05) is 35.7 Å². The SMILES string of the molecule is Cc1ccc(C)c(OC2CCN(CC(=O)NC(c3ccccc3)c3nccs3)CC2)c1. The van der Waals surface area contributed by atoms with E-state index < -0.39 is 0 Å². The molecule has 1 aliphatic heterocycles. The molecule has 0 radical (unpaired) electrons. The van der Waals surface area contributed by atoms with E-state index >= 15 is 0 Å². The quantitative estimate of drug-likeness (QED) is 0.593. The van der Waals surface area contributed by atoms with Gasteiger partial charge in [0.15, 0.2) is 0 Å². The van der Waals surface area contributed by atoms with Crippen molar-refractivity contribution in [3.05, 3.63) is 81.8 Å². The van der Waals surface area contributed by atoms with E-state index in [2.05, 4.69) is 47.2 Å². The third-order valence-electron chi connectivity index (χ3n) is 5.68. The standard InChI is InChI=1S/C25H29N3O2S/c1-18-8-9-19(2)22(16-18)30-21-10-13-28(14-11-21)17-23(29)27-24(25-26-12-15-31-25)20-6-4-3-5-7-20/h3-9,12,15-16,21,24H,10-11,13-14,17H2,1-2H3,(H,27,29). The molecule has 1 fully saturated rings. The molecule has 31 heavy (non-hydrogen) atoms. The van der Waals surface area contributed by atoms with E-state index in [0.717, 1.165) is 42.3 Å². The number of nitrogens with zero attached hydrogens (tertiary/aromatic N) is 2. The maximum Gasteiger partial charge on any atom is 0.235 e. The molecule has 1 amide bonds. The number of benzene rings is 2. The Balaban J connectivity index is 1.31. The van der Waals surface area contributed by atoms with Gasteiger partial charge in [0.25, 0.3) is 0 Å². The van der Waals surface area contributed by atoms with Gasteiger partial charge in [0.2, 0.25) is 5.91 Å². The normalized spacial score (nSPS) is 16.1. The highest BCUT2D eigenvalue weighted by Crippen LogP contribution is 2.25. The van der Waals surface area contributed by atoms with Crippen molar-refractivity contribution in [3.63, 3.8) is 0 Å². The Morgan fingerprint density at radius 1 is 1.19 bits per heavy atom. The number of carbonyl (C=O) groups excluding carboxylic acids is 1. The van der Waals surface area contributed by atoms with Crippen LogP contribution in [0.4, 0.5) is 0 Å². The molecule has 1 aliphatic rings. The number of amides is 1. The number of aromatic nitrogens is 1. The second-order valence-electron chi connectivity index (χ2n) is 8.14. The van der Waals surface area contributed by atoms with Crippen molar-refractivity contribution in [2.24, 2.45) is 0 Å². The summed E-state index contributed by atoms with van der Waals surface area (Å²) in [6, 6.07) is 16.1. The molecule has 1 unspecified atom stereocenters. The van der Waals surface area contributed by atoms with E-state index in [0.29, 0.717) is 6.54 Å². The third-order valence-corrected chi connectivity index (χ3v) is 6.52. The lowest BCUT2D eigenvalue weighted by molar-refractivity contribution is -0.123. The number of thiazole rings is 1. The summed E-state index contributed by atoms with van der Waals surface area (Å²) in [7, 11) is 0. The Bertz CT molecular complexity index is 983. The van der Waals surface area contributed by atoms with Crippen LogP contribution >= 0.6 is 11.3 Å². The first-order valence-electron chi connectivity index (χ1n) is 10.8. The zero-order valence-corrected chi connectivity index (χ0v) is 18.9. The molecule has 1 N–H and O–H groups in total. The highest BCUT2D eigenvalue weighted by molar-refractivity contribution is 7.09. The van der Waals surface area contributed by atoms with Gasteiger partial charge in [-0.25, -0.2) is 4.98 Å². The molecule has 1 aromatic heterocycles. The summed E-state index contributed by atoms with van der Waals surface area (Å²) in [4.78, 5) is 19.5. The van der Waals surface area contributed by atoms with Gasteiger partial charge in [-0.15, -0.1) is 11.3 Å². The number of ether oxygens (including phenoxy) is 1. The molecule has 2 heterocycles. The van der Waals surface area contributed by atoms with E-state index in [4.69, 9.17) is 4.74 Å². The summed E-state index contributed by atoms with van der Waals surface area (Å²) in [5.41, 5.74) is 3.43. The lowest BCUT2D eigenvalue weighted by Crippen LogP contribution is -2.44. The highest BCUT2D eigenvalue weighted by atomic mass is 32.1. The Morgan fingerprint density at radius 2 is 1.97 bits per heavy atom. The summed E-state index contributed by atoms with van der Waals surface area (Å²) in [5.74, 6) is 1.00. The summed E-state index contributed by atoms with van der Waals surface area (Å²) in [5, 5.41) is 6.03. The summed E-state index contributed by atoms with van der Waals surface area (Å²) < 4.78 is 6.26. The second-order valence-corrected chi connectivity index (χ2v) is 9.07. The molecule has 1 atom stereocenters. The van der Waals surface area contributed by atoms with Crippen molar-refractivity contribution in [1.29, 1.82) is 0 Å². The lowest BCUT2D eigenvalue weighted by Gasteiger charge is -2.32. The number of rotatable bonds is 7. The molecule has 0 spiro atoms. The van der Waals surface area contributed by atoms with Crippen molar-refractivity contribution in [2.75, 3.05) is 19.6 Å². The van der Waals surface area contributed by atoms with Gasteiger partial charge < -0.3 is 10.1 Å². The summed E-state index contributed by atoms with van der Waals surface area (Å²) in [6.45, 7) is 6.28. The Labute approximate surface area is 188 Å². The van der Waals surface area contributed by atoms with Crippen LogP contribution in [0.25, 0.3) is 0 Å².